The summed E-state index contributed by atoms with van der Waals surface area (Å²) in [6, 6.07) is 15.0. The molecule has 4 aromatic rings. The Bertz CT molecular complexity index is 1340. The minimum atomic E-state index is -0.263. The first-order valence-corrected chi connectivity index (χ1v) is 10.8. The molecule has 3 heterocycles. The number of halogens is 2. The molecule has 0 spiro atoms. The van der Waals surface area contributed by atoms with Crippen molar-refractivity contribution in [3.63, 3.8) is 0 Å². The normalized spacial score (nSPS) is 15.5. The number of nitrogens with zero attached hydrogens (tertiary/aromatic N) is 5. The fraction of sp³-hybridized carbons (Fsp3) is 0.174. The van der Waals surface area contributed by atoms with E-state index in [4.69, 9.17) is 38.1 Å². The minimum absolute atomic E-state index is 0.263. The van der Waals surface area contributed by atoms with E-state index in [2.05, 4.69) is 10.3 Å². The van der Waals surface area contributed by atoms with Gasteiger partial charge in [-0.3, -0.25) is 0 Å². The van der Waals surface area contributed by atoms with Crippen molar-refractivity contribution in [3.8, 4) is 11.4 Å². The predicted molar refractivity (Wildman–Crippen MR) is 126 cm³/mol. The van der Waals surface area contributed by atoms with E-state index in [9.17, 15) is 0 Å². The molecule has 2 aromatic heterocycles. The van der Waals surface area contributed by atoms with Gasteiger partial charge in [-0.2, -0.15) is 5.10 Å². The summed E-state index contributed by atoms with van der Waals surface area (Å²) in [5.41, 5.74) is 4.59. The lowest BCUT2D eigenvalue weighted by Crippen LogP contribution is -2.24. The van der Waals surface area contributed by atoms with Crippen molar-refractivity contribution in [2.75, 3.05) is 12.4 Å². The van der Waals surface area contributed by atoms with E-state index in [-0.39, 0.29) is 6.04 Å². The number of methoxy groups -OCH3 is 1. The van der Waals surface area contributed by atoms with Crippen LogP contribution in [0, 0.1) is 6.92 Å². The number of benzene rings is 2. The van der Waals surface area contributed by atoms with Crippen molar-refractivity contribution in [1.29, 1.82) is 0 Å². The van der Waals surface area contributed by atoms with Gasteiger partial charge < -0.3 is 10.1 Å². The van der Waals surface area contributed by atoms with Crippen molar-refractivity contribution in [3.05, 3.63) is 87.7 Å². The van der Waals surface area contributed by atoms with Crippen molar-refractivity contribution in [2.45, 2.75) is 19.9 Å². The molecule has 0 amide bonds. The SMILES string of the molecule is COc1ccc(-n2cnc(C3=C(C)Nc4cc(C)nn4[C@@H]3c3ccc(Cl)c(Cl)c3)n2)cc1. The van der Waals surface area contributed by atoms with Crippen LogP contribution in [0.15, 0.2) is 60.6 Å². The van der Waals surface area contributed by atoms with Crippen LogP contribution in [0.1, 0.15) is 30.0 Å². The van der Waals surface area contributed by atoms with E-state index in [0.29, 0.717) is 15.9 Å². The zero-order valence-electron chi connectivity index (χ0n) is 17.7. The highest BCUT2D eigenvalue weighted by molar-refractivity contribution is 6.42. The number of anilines is 1. The summed E-state index contributed by atoms with van der Waals surface area (Å²) < 4.78 is 8.92. The molecular formula is C23H20Cl2N6O. The zero-order valence-corrected chi connectivity index (χ0v) is 19.2. The van der Waals surface area contributed by atoms with E-state index in [0.717, 1.165) is 39.8 Å². The van der Waals surface area contributed by atoms with E-state index in [1.165, 1.54) is 0 Å². The van der Waals surface area contributed by atoms with Crippen LogP contribution in [0.4, 0.5) is 5.82 Å². The summed E-state index contributed by atoms with van der Waals surface area (Å²) in [4.78, 5) is 4.63. The molecule has 9 heteroatoms. The van der Waals surface area contributed by atoms with Gasteiger partial charge in [-0.05, 0) is 55.8 Å². The summed E-state index contributed by atoms with van der Waals surface area (Å²) in [5.74, 6) is 2.28. The van der Waals surface area contributed by atoms with Gasteiger partial charge in [0.1, 0.15) is 23.9 Å². The fourth-order valence-electron chi connectivity index (χ4n) is 3.92. The van der Waals surface area contributed by atoms with Gasteiger partial charge in [-0.25, -0.2) is 14.3 Å². The second kappa shape index (κ2) is 8.00. The van der Waals surface area contributed by atoms with Crippen LogP contribution in [-0.2, 0) is 0 Å². The average Bonchev–Trinajstić information content (AvgIpc) is 3.41. The van der Waals surface area contributed by atoms with Crippen LogP contribution in [-0.4, -0.2) is 31.7 Å². The van der Waals surface area contributed by atoms with Gasteiger partial charge in [0.25, 0.3) is 0 Å². The van der Waals surface area contributed by atoms with E-state index >= 15 is 0 Å². The number of rotatable bonds is 4. The van der Waals surface area contributed by atoms with Gasteiger partial charge in [-0.15, -0.1) is 5.10 Å². The molecule has 0 saturated heterocycles. The third kappa shape index (κ3) is 3.53. The van der Waals surface area contributed by atoms with Crippen LogP contribution in [0.5, 0.6) is 5.75 Å². The van der Waals surface area contributed by atoms with Crippen molar-refractivity contribution in [1.82, 2.24) is 24.5 Å². The molecule has 2 aromatic carbocycles. The molecule has 5 rings (SSSR count). The quantitative estimate of drug-likeness (QED) is 0.427. The molecular weight excluding hydrogens is 447 g/mol. The highest BCUT2D eigenvalue weighted by atomic mass is 35.5. The first-order valence-electron chi connectivity index (χ1n) is 10.00. The Kier molecular flexibility index (Phi) is 5.15. The molecule has 0 radical (unpaired) electrons. The van der Waals surface area contributed by atoms with Crippen molar-refractivity contribution in [2.24, 2.45) is 0 Å². The Labute approximate surface area is 195 Å². The van der Waals surface area contributed by atoms with Gasteiger partial charge in [-0.1, -0.05) is 29.3 Å². The number of hydrogen-bond acceptors (Lipinski definition) is 5. The molecule has 0 fully saturated rings. The largest absolute Gasteiger partial charge is 0.497 e. The second-order valence-electron chi connectivity index (χ2n) is 7.57. The smallest absolute Gasteiger partial charge is 0.181 e. The molecule has 7 nitrogen and oxygen atoms in total. The third-order valence-electron chi connectivity index (χ3n) is 5.42. The van der Waals surface area contributed by atoms with Gasteiger partial charge >= 0.3 is 0 Å². The number of nitrogens with one attached hydrogen (secondary N) is 1. The summed E-state index contributed by atoms with van der Waals surface area (Å²) in [6.07, 6.45) is 1.70. The van der Waals surface area contributed by atoms with Crippen LogP contribution in [0.3, 0.4) is 0 Å². The Morgan fingerprint density at radius 3 is 2.47 bits per heavy atom. The van der Waals surface area contributed by atoms with Crippen LogP contribution in [0.25, 0.3) is 11.3 Å². The standard InChI is InChI=1S/C23H20Cl2N6O/c1-13-10-20-27-14(2)21(22(31(20)28-13)15-4-9-18(24)19(25)11-15)23-26-12-30(29-23)16-5-7-17(32-3)8-6-16/h4-12,22,27H,1-3H3/t22-/m1/s1. The summed E-state index contributed by atoms with van der Waals surface area (Å²) in [7, 11) is 1.64. The lowest BCUT2D eigenvalue weighted by atomic mass is 9.95. The Morgan fingerprint density at radius 2 is 1.75 bits per heavy atom. The van der Waals surface area contributed by atoms with Crippen molar-refractivity contribution < 1.29 is 4.74 Å². The Balaban J connectivity index is 1.62. The van der Waals surface area contributed by atoms with Gasteiger partial charge in [0.05, 0.1) is 28.5 Å². The first-order chi connectivity index (χ1) is 15.4. The molecule has 0 unspecified atom stereocenters. The van der Waals surface area contributed by atoms with Crippen LogP contribution >= 0.6 is 23.2 Å². The minimum Gasteiger partial charge on any atom is -0.497 e. The predicted octanol–water partition coefficient (Wildman–Crippen LogP) is 5.53. The number of fused-ring (bicyclic) bond motifs is 1. The zero-order chi connectivity index (χ0) is 22.4. The lowest BCUT2D eigenvalue weighted by molar-refractivity contribution is 0.414. The van der Waals surface area contributed by atoms with Crippen LogP contribution in [0.2, 0.25) is 10.0 Å². The molecule has 0 aliphatic carbocycles. The summed E-state index contributed by atoms with van der Waals surface area (Å²) >= 11 is 12.5. The lowest BCUT2D eigenvalue weighted by Gasteiger charge is -2.29. The average molecular weight is 467 g/mol. The molecule has 1 aliphatic heterocycles. The van der Waals surface area contributed by atoms with Crippen LogP contribution < -0.4 is 10.1 Å². The molecule has 1 aliphatic rings. The number of hydrogen-bond donors (Lipinski definition) is 1. The van der Waals surface area contributed by atoms with E-state index in [1.54, 1.807) is 24.2 Å². The number of aromatic nitrogens is 5. The Hall–Kier alpha value is -3.29. The van der Waals surface area contributed by atoms with Gasteiger partial charge in [0, 0.05) is 17.3 Å². The topological polar surface area (TPSA) is 69.8 Å². The molecule has 0 bridgehead atoms. The highest BCUT2D eigenvalue weighted by Crippen LogP contribution is 2.41. The molecule has 0 saturated carbocycles. The van der Waals surface area contributed by atoms with Gasteiger partial charge in [0.2, 0.25) is 0 Å². The fourth-order valence-corrected chi connectivity index (χ4v) is 4.23. The number of aryl methyl sites for hydroxylation is 1. The monoisotopic (exact) mass is 466 g/mol. The second-order valence-corrected chi connectivity index (χ2v) is 8.38. The molecule has 162 valence electrons. The Morgan fingerprint density at radius 1 is 0.969 bits per heavy atom. The molecule has 1 N–H and O–H groups in total. The maximum absolute atomic E-state index is 6.37. The van der Waals surface area contributed by atoms with Crippen molar-refractivity contribution >= 4 is 34.6 Å². The van der Waals surface area contributed by atoms with E-state index in [1.807, 2.05) is 61.0 Å². The van der Waals surface area contributed by atoms with E-state index < -0.39 is 0 Å². The third-order valence-corrected chi connectivity index (χ3v) is 6.16. The first kappa shape index (κ1) is 20.6. The summed E-state index contributed by atoms with van der Waals surface area (Å²) in [5, 5.41) is 13.9. The van der Waals surface area contributed by atoms with Gasteiger partial charge in [0.15, 0.2) is 5.82 Å². The highest BCUT2D eigenvalue weighted by Gasteiger charge is 2.32. The maximum atomic E-state index is 6.37. The molecule has 32 heavy (non-hydrogen) atoms. The number of ether oxygens (including phenoxy) is 1. The summed E-state index contributed by atoms with van der Waals surface area (Å²) in [6.45, 7) is 3.98. The molecule has 1 atom stereocenters. The maximum Gasteiger partial charge on any atom is 0.181 e. The number of allylic oxidation sites excluding steroid dienone is 2.